The van der Waals surface area contributed by atoms with Crippen molar-refractivity contribution in [2.45, 2.75) is 6.92 Å². The molecule has 4 rings (SSSR count). The van der Waals surface area contributed by atoms with Gasteiger partial charge in [0.15, 0.2) is 5.70 Å². The summed E-state index contributed by atoms with van der Waals surface area (Å²) in [7, 11) is 0. The van der Waals surface area contributed by atoms with Crippen LogP contribution in [0, 0.1) is 6.92 Å². The van der Waals surface area contributed by atoms with Crippen LogP contribution in [0.1, 0.15) is 16.8 Å². The number of aliphatic imine (C=N–C) groups is 1. The van der Waals surface area contributed by atoms with Crippen molar-refractivity contribution in [2.24, 2.45) is 4.99 Å². The lowest BCUT2D eigenvalue weighted by atomic mass is 10.2. The Hall–Kier alpha value is -2.70. The Kier molecular flexibility index (Phi) is 4.68. The van der Waals surface area contributed by atoms with Crippen LogP contribution in [0.5, 0.6) is 0 Å². The van der Waals surface area contributed by atoms with Gasteiger partial charge in [0.25, 0.3) is 0 Å². The molecule has 1 aromatic heterocycles. The smallest absolute Gasteiger partial charge is 0.363 e. The second-order valence-electron chi connectivity index (χ2n) is 5.88. The van der Waals surface area contributed by atoms with E-state index in [1.807, 2.05) is 61.5 Å². The Labute approximate surface area is 169 Å². The van der Waals surface area contributed by atoms with E-state index < -0.39 is 5.97 Å². The van der Waals surface area contributed by atoms with Gasteiger partial charge in [-0.15, -0.1) is 0 Å². The van der Waals surface area contributed by atoms with Crippen molar-refractivity contribution in [3.05, 3.63) is 86.7 Å². The monoisotopic (exact) mass is 441 g/mol. The van der Waals surface area contributed by atoms with E-state index in [0.717, 1.165) is 10.2 Å². The number of aryl methyl sites for hydroxylation is 1. The first-order chi connectivity index (χ1) is 13.0. The van der Waals surface area contributed by atoms with Gasteiger partial charge in [0.1, 0.15) is 5.15 Å². The summed E-state index contributed by atoms with van der Waals surface area (Å²) in [5.41, 5.74) is 3.05. The number of carbonyl (C=O) groups excluding carboxylic acids is 1. The van der Waals surface area contributed by atoms with Gasteiger partial charge in [-0.3, -0.25) is 0 Å². The average Bonchev–Trinajstić information content (AvgIpc) is 3.17. The van der Waals surface area contributed by atoms with Crippen LogP contribution >= 0.6 is 27.5 Å². The molecule has 3 aromatic rings. The van der Waals surface area contributed by atoms with Crippen molar-refractivity contribution in [1.82, 2.24) is 9.78 Å². The third-order valence-electron chi connectivity index (χ3n) is 4.02. The number of benzene rings is 2. The summed E-state index contributed by atoms with van der Waals surface area (Å²) < 4.78 is 7.81. The van der Waals surface area contributed by atoms with Gasteiger partial charge < -0.3 is 4.74 Å². The van der Waals surface area contributed by atoms with Gasteiger partial charge in [0, 0.05) is 15.6 Å². The topological polar surface area (TPSA) is 56.5 Å². The van der Waals surface area contributed by atoms with Gasteiger partial charge in [-0.2, -0.15) is 5.10 Å². The molecule has 1 aliphatic rings. The number of hydrogen-bond acceptors (Lipinski definition) is 4. The average molecular weight is 443 g/mol. The zero-order chi connectivity index (χ0) is 19.0. The molecule has 134 valence electrons. The van der Waals surface area contributed by atoms with Crippen molar-refractivity contribution < 1.29 is 9.53 Å². The Balaban J connectivity index is 1.74. The van der Waals surface area contributed by atoms with Crippen molar-refractivity contribution in [1.29, 1.82) is 0 Å². The molecule has 2 aromatic carbocycles. The normalized spacial score (nSPS) is 15.1. The Bertz CT molecular complexity index is 1100. The minimum atomic E-state index is -0.520. The fourth-order valence-electron chi connectivity index (χ4n) is 2.71. The number of para-hydroxylation sites is 1. The van der Waals surface area contributed by atoms with Crippen molar-refractivity contribution in [2.75, 3.05) is 0 Å². The van der Waals surface area contributed by atoms with E-state index in [-0.39, 0.29) is 11.6 Å². The van der Waals surface area contributed by atoms with Gasteiger partial charge in [-0.05, 0) is 43.3 Å². The maximum atomic E-state index is 12.3. The lowest BCUT2D eigenvalue weighted by Gasteiger charge is -2.01. The van der Waals surface area contributed by atoms with E-state index in [1.165, 1.54) is 0 Å². The highest BCUT2D eigenvalue weighted by Gasteiger charge is 2.25. The largest absolute Gasteiger partial charge is 0.402 e. The van der Waals surface area contributed by atoms with Gasteiger partial charge in [0.2, 0.25) is 5.90 Å². The minimum Gasteiger partial charge on any atom is -0.402 e. The van der Waals surface area contributed by atoms with Gasteiger partial charge in [-0.25, -0.2) is 14.5 Å². The first-order valence-electron chi connectivity index (χ1n) is 8.12. The SMILES string of the molecule is Cc1nn(-c2ccccc2)c(Cl)c1/C=C1/N=C(c2cccc(Br)c2)OC1=O. The zero-order valence-electron chi connectivity index (χ0n) is 14.2. The summed E-state index contributed by atoms with van der Waals surface area (Å²) in [6.07, 6.45) is 1.61. The van der Waals surface area contributed by atoms with Crippen molar-refractivity contribution in [3.8, 4) is 5.69 Å². The Morgan fingerprint density at radius 1 is 1.15 bits per heavy atom. The summed E-state index contributed by atoms with van der Waals surface area (Å²) in [5, 5.41) is 4.88. The number of halogens is 2. The number of rotatable bonds is 3. The van der Waals surface area contributed by atoms with Crippen LogP contribution in [0.15, 0.2) is 69.8 Å². The molecule has 0 aliphatic carbocycles. The molecule has 0 N–H and O–H groups in total. The molecule has 0 fully saturated rings. The highest BCUT2D eigenvalue weighted by atomic mass is 79.9. The molecular weight excluding hydrogens is 430 g/mol. The Morgan fingerprint density at radius 2 is 1.93 bits per heavy atom. The molecule has 0 atom stereocenters. The van der Waals surface area contributed by atoms with Gasteiger partial charge in [-0.1, -0.05) is 51.8 Å². The van der Waals surface area contributed by atoms with Crippen LogP contribution in [-0.4, -0.2) is 21.6 Å². The molecule has 0 amide bonds. The maximum Gasteiger partial charge on any atom is 0.363 e. The summed E-state index contributed by atoms with van der Waals surface area (Å²) in [4.78, 5) is 16.6. The fourth-order valence-corrected chi connectivity index (χ4v) is 3.43. The number of aromatic nitrogens is 2. The summed E-state index contributed by atoms with van der Waals surface area (Å²) in [6.45, 7) is 1.83. The number of hydrogen-bond donors (Lipinski definition) is 0. The van der Waals surface area contributed by atoms with Crippen LogP contribution < -0.4 is 0 Å². The van der Waals surface area contributed by atoms with Crippen LogP contribution in [0.2, 0.25) is 5.15 Å². The molecule has 0 saturated heterocycles. The van der Waals surface area contributed by atoms with E-state index in [2.05, 4.69) is 26.0 Å². The van der Waals surface area contributed by atoms with E-state index in [0.29, 0.717) is 22.0 Å². The summed E-state index contributed by atoms with van der Waals surface area (Å²) in [5.74, 6) is -0.260. The molecule has 0 bridgehead atoms. The predicted molar refractivity (Wildman–Crippen MR) is 108 cm³/mol. The predicted octanol–water partition coefficient (Wildman–Crippen LogP) is 4.94. The highest BCUT2D eigenvalue weighted by molar-refractivity contribution is 9.10. The Morgan fingerprint density at radius 3 is 2.67 bits per heavy atom. The molecule has 0 spiro atoms. The molecule has 0 saturated carbocycles. The zero-order valence-corrected chi connectivity index (χ0v) is 16.5. The van der Waals surface area contributed by atoms with E-state index in [1.54, 1.807) is 10.8 Å². The first kappa shape index (κ1) is 17.7. The second kappa shape index (κ2) is 7.13. The number of nitrogens with zero attached hydrogens (tertiary/aromatic N) is 3. The van der Waals surface area contributed by atoms with Gasteiger partial charge >= 0.3 is 5.97 Å². The van der Waals surface area contributed by atoms with Crippen LogP contribution in [-0.2, 0) is 9.53 Å². The molecule has 5 nitrogen and oxygen atoms in total. The van der Waals surface area contributed by atoms with E-state index in [9.17, 15) is 4.79 Å². The summed E-state index contributed by atoms with van der Waals surface area (Å²) >= 11 is 9.91. The highest BCUT2D eigenvalue weighted by Crippen LogP contribution is 2.28. The van der Waals surface area contributed by atoms with Crippen molar-refractivity contribution in [3.63, 3.8) is 0 Å². The molecule has 1 aliphatic heterocycles. The fraction of sp³-hybridized carbons (Fsp3) is 0.0500. The summed E-state index contributed by atoms with van der Waals surface area (Å²) in [6, 6.07) is 16.9. The first-order valence-corrected chi connectivity index (χ1v) is 9.29. The minimum absolute atomic E-state index is 0.183. The third-order valence-corrected chi connectivity index (χ3v) is 4.88. The van der Waals surface area contributed by atoms with Crippen LogP contribution in [0.25, 0.3) is 11.8 Å². The lowest BCUT2D eigenvalue weighted by molar-refractivity contribution is -0.129. The molecule has 0 radical (unpaired) electrons. The molecular formula is C20H13BrClN3O2. The lowest BCUT2D eigenvalue weighted by Crippen LogP contribution is -2.05. The molecule has 27 heavy (non-hydrogen) atoms. The van der Waals surface area contributed by atoms with E-state index >= 15 is 0 Å². The maximum absolute atomic E-state index is 12.3. The molecule has 7 heteroatoms. The quantitative estimate of drug-likeness (QED) is 0.426. The number of carbonyl (C=O) groups is 1. The molecule has 2 heterocycles. The third kappa shape index (κ3) is 3.46. The van der Waals surface area contributed by atoms with Crippen LogP contribution in [0.3, 0.4) is 0 Å². The molecule has 0 unspecified atom stereocenters. The number of cyclic esters (lactones) is 1. The van der Waals surface area contributed by atoms with Gasteiger partial charge in [0.05, 0.1) is 11.4 Å². The number of ether oxygens (including phenoxy) is 1. The second-order valence-corrected chi connectivity index (χ2v) is 7.16. The number of esters is 1. The van der Waals surface area contributed by atoms with Crippen LogP contribution in [0.4, 0.5) is 0 Å². The van der Waals surface area contributed by atoms with E-state index in [4.69, 9.17) is 16.3 Å². The van der Waals surface area contributed by atoms with Crippen molar-refractivity contribution >= 4 is 45.5 Å². The standard InChI is InChI=1S/C20H13BrClN3O2/c1-12-16(18(22)25(24-12)15-8-3-2-4-9-15)11-17-20(26)27-19(23-17)13-6-5-7-14(21)10-13/h2-11H,1H3/b17-11+.